The molecule has 0 aliphatic heterocycles. The summed E-state index contributed by atoms with van der Waals surface area (Å²) >= 11 is 3.20. The van der Waals surface area contributed by atoms with E-state index in [-0.39, 0.29) is 10.8 Å². The van der Waals surface area contributed by atoms with Gasteiger partial charge in [-0.15, -0.1) is 0 Å². The fraction of sp³-hybridized carbons (Fsp3) is 0.269. The highest BCUT2D eigenvalue weighted by Gasteiger charge is 2.50. The van der Waals surface area contributed by atoms with Gasteiger partial charge in [0.25, 0.3) is 8.32 Å². The second-order valence-electron chi connectivity index (χ2n) is 8.44. The standard InChI is InChI=1S/C26H29BrO3Si/c1-26(2,3)31(23-10-6-4-7-11-23,24-12-8-5-9-13-24)30-19-18-29-22-16-14-21(15-17-22)25(28)20-27/h4-17H,18-20H2,1-3H3. The van der Waals surface area contributed by atoms with Crippen LogP contribution in [0.4, 0.5) is 0 Å². The number of hydrogen-bond donors (Lipinski definition) is 0. The minimum Gasteiger partial charge on any atom is -0.491 e. The maximum Gasteiger partial charge on any atom is 0.261 e. The normalized spacial score (nSPS) is 11.9. The molecule has 0 saturated carbocycles. The molecular formula is C26H29BrO3Si. The molecule has 0 aromatic heterocycles. The number of benzene rings is 3. The number of Topliss-reactive ketones (excluding diaryl/α,β-unsaturated/α-hetero) is 1. The first-order chi connectivity index (χ1) is 14.9. The van der Waals surface area contributed by atoms with Crippen molar-refractivity contribution in [3.63, 3.8) is 0 Å². The van der Waals surface area contributed by atoms with Crippen LogP contribution >= 0.6 is 15.9 Å². The Morgan fingerprint density at radius 3 is 1.77 bits per heavy atom. The molecule has 0 unspecified atom stereocenters. The first-order valence-corrected chi connectivity index (χ1v) is 13.5. The summed E-state index contributed by atoms with van der Waals surface area (Å²) in [5.41, 5.74) is 0.674. The smallest absolute Gasteiger partial charge is 0.261 e. The molecule has 0 saturated heterocycles. The summed E-state index contributed by atoms with van der Waals surface area (Å²) in [6.45, 7) is 7.71. The van der Waals surface area contributed by atoms with E-state index in [9.17, 15) is 4.79 Å². The van der Waals surface area contributed by atoms with Crippen LogP contribution in [0.3, 0.4) is 0 Å². The first kappa shape index (κ1) is 23.5. The van der Waals surface area contributed by atoms with E-state index in [0.29, 0.717) is 24.1 Å². The molecule has 3 aromatic carbocycles. The lowest BCUT2D eigenvalue weighted by molar-refractivity contribution is 0.102. The summed E-state index contributed by atoms with van der Waals surface area (Å²) in [5.74, 6) is 0.790. The Labute approximate surface area is 194 Å². The predicted octanol–water partition coefficient (Wildman–Crippen LogP) is 5.22. The molecule has 0 atom stereocenters. The highest BCUT2D eigenvalue weighted by atomic mass is 79.9. The number of rotatable bonds is 9. The lowest BCUT2D eigenvalue weighted by Gasteiger charge is -2.43. The van der Waals surface area contributed by atoms with Crippen LogP contribution in [0.1, 0.15) is 31.1 Å². The number of hydrogen-bond acceptors (Lipinski definition) is 3. The molecule has 0 spiro atoms. The van der Waals surface area contributed by atoms with Crippen molar-refractivity contribution in [3.8, 4) is 5.75 Å². The van der Waals surface area contributed by atoms with Crippen molar-refractivity contribution in [2.45, 2.75) is 25.8 Å². The Balaban J connectivity index is 1.79. The van der Waals surface area contributed by atoms with Crippen molar-refractivity contribution < 1.29 is 14.0 Å². The zero-order valence-electron chi connectivity index (χ0n) is 18.3. The molecule has 5 heteroatoms. The van der Waals surface area contributed by atoms with Crippen LogP contribution < -0.4 is 15.1 Å². The summed E-state index contributed by atoms with van der Waals surface area (Å²) in [7, 11) is -2.55. The van der Waals surface area contributed by atoms with Crippen LogP contribution in [0.5, 0.6) is 5.75 Å². The van der Waals surface area contributed by atoms with Crippen LogP contribution in [-0.2, 0) is 4.43 Å². The molecule has 0 aliphatic carbocycles. The van der Waals surface area contributed by atoms with Gasteiger partial charge in [-0.3, -0.25) is 4.79 Å². The monoisotopic (exact) mass is 496 g/mol. The van der Waals surface area contributed by atoms with Gasteiger partial charge in [-0.05, 0) is 39.7 Å². The summed E-state index contributed by atoms with van der Waals surface area (Å²) in [6, 6.07) is 28.4. The highest BCUT2D eigenvalue weighted by Crippen LogP contribution is 2.36. The predicted molar refractivity (Wildman–Crippen MR) is 134 cm³/mol. The lowest BCUT2D eigenvalue weighted by Crippen LogP contribution is -2.66. The summed E-state index contributed by atoms with van der Waals surface area (Å²) in [6.07, 6.45) is 0. The van der Waals surface area contributed by atoms with Gasteiger partial charge < -0.3 is 9.16 Å². The van der Waals surface area contributed by atoms with Crippen molar-refractivity contribution in [1.82, 2.24) is 0 Å². The van der Waals surface area contributed by atoms with Gasteiger partial charge in [-0.1, -0.05) is 97.4 Å². The van der Waals surface area contributed by atoms with Crippen LogP contribution in [0.15, 0.2) is 84.9 Å². The van der Waals surface area contributed by atoms with E-state index in [4.69, 9.17) is 9.16 Å². The molecule has 0 bridgehead atoms. The van der Waals surface area contributed by atoms with E-state index in [1.165, 1.54) is 10.4 Å². The van der Waals surface area contributed by atoms with E-state index >= 15 is 0 Å². The fourth-order valence-corrected chi connectivity index (χ4v) is 8.80. The number of carbonyl (C=O) groups is 1. The molecule has 0 N–H and O–H groups in total. The Kier molecular flexibility index (Phi) is 7.87. The molecule has 0 radical (unpaired) electrons. The molecule has 31 heavy (non-hydrogen) atoms. The van der Waals surface area contributed by atoms with Crippen molar-refractivity contribution >= 4 is 40.4 Å². The minimum atomic E-state index is -2.55. The third kappa shape index (κ3) is 5.35. The van der Waals surface area contributed by atoms with E-state index in [1.54, 1.807) is 12.1 Å². The molecule has 3 aromatic rings. The van der Waals surface area contributed by atoms with Crippen LogP contribution in [0, 0.1) is 0 Å². The average Bonchev–Trinajstić information content (AvgIpc) is 2.79. The molecule has 3 nitrogen and oxygen atoms in total. The number of halogens is 1. The fourth-order valence-electron chi connectivity index (χ4n) is 3.93. The van der Waals surface area contributed by atoms with Crippen molar-refractivity contribution in [1.29, 1.82) is 0 Å². The van der Waals surface area contributed by atoms with E-state index in [1.807, 2.05) is 24.3 Å². The third-order valence-corrected chi connectivity index (χ3v) is 10.9. The zero-order valence-corrected chi connectivity index (χ0v) is 20.9. The molecule has 0 fully saturated rings. The maximum atomic E-state index is 11.8. The Morgan fingerprint density at radius 2 is 1.32 bits per heavy atom. The van der Waals surface area contributed by atoms with Gasteiger partial charge >= 0.3 is 0 Å². The Bertz CT molecular complexity index is 928. The van der Waals surface area contributed by atoms with Gasteiger partial charge in [-0.2, -0.15) is 0 Å². The van der Waals surface area contributed by atoms with E-state index < -0.39 is 8.32 Å². The van der Waals surface area contributed by atoms with Crippen LogP contribution in [0.2, 0.25) is 5.04 Å². The number of carbonyl (C=O) groups excluding carboxylic acids is 1. The number of ketones is 1. The second kappa shape index (κ2) is 10.4. The number of ether oxygens (including phenoxy) is 1. The lowest BCUT2D eigenvalue weighted by atomic mass is 10.1. The Morgan fingerprint density at radius 1 is 0.806 bits per heavy atom. The zero-order chi connectivity index (χ0) is 22.3. The van der Waals surface area contributed by atoms with Crippen LogP contribution in [-0.4, -0.2) is 32.6 Å². The van der Waals surface area contributed by atoms with Gasteiger partial charge in [0.1, 0.15) is 12.4 Å². The Hall–Kier alpha value is -2.21. The van der Waals surface area contributed by atoms with E-state index in [0.717, 1.165) is 5.75 Å². The van der Waals surface area contributed by atoms with Crippen molar-refractivity contribution in [2.24, 2.45) is 0 Å². The SMILES string of the molecule is CC(C)(C)[Si](OCCOc1ccc(C(=O)CBr)cc1)(c1ccccc1)c1ccccc1. The van der Waals surface area contributed by atoms with Gasteiger partial charge in [0.15, 0.2) is 5.78 Å². The van der Waals surface area contributed by atoms with Gasteiger partial charge in [0, 0.05) is 5.56 Å². The number of alkyl halides is 1. The minimum absolute atomic E-state index is 0.0570. The van der Waals surface area contributed by atoms with Gasteiger partial charge in [0.05, 0.1) is 11.9 Å². The molecule has 0 amide bonds. The van der Waals surface area contributed by atoms with Crippen molar-refractivity contribution in [3.05, 3.63) is 90.5 Å². The quantitative estimate of drug-likeness (QED) is 0.176. The maximum absolute atomic E-state index is 11.8. The largest absolute Gasteiger partial charge is 0.491 e. The van der Waals surface area contributed by atoms with Gasteiger partial charge in [0.2, 0.25) is 0 Å². The first-order valence-electron chi connectivity index (χ1n) is 10.5. The van der Waals surface area contributed by atoms with Crippen molar-refractivity contribution in [2.75, 3.05) is 18.5 Å². The molecule has 0 aliphatic rings. The molecule has 0 heterocycles. The topological polar surface area (TPSA) is 35.5 Å². The molecule has 162 valence electrons. The highest BCUT2D eigenvalue weighted by molar-refractivity contribution is 9.09. The molecular weight excluding hydrogens is 468 g/mol. The summed E-state index contributed by atoms with van der Waals surface area (Å²) in [4.78, 5) is 11.8. The van der Waals surface area contributed by atoms with Gasteiger partial charge in [-0.25, -0.2) is 0 Å². The summed E-state index contributed by atoms with van der Waals surface area (Å²) in [5, 5.41) is 2.77. The summed E-state index contributed by atoms with van der Waals surface area (Å²) < 4.78 is 12.7. The molecule has 3 rings (SSSR count). The van der Waals surface area contributed by atoms with E-state index in [2.05, 4.69) is 85.2 Å². The second-order valence-corrected chi connectivity index (χ2v) is 13.3. The average molecular weight is 498 g/mol. The third-order valence-electron chi connectivity index (χ3n) is 5.39. The van der Waals surface area contributed by atoms with Crippen LogP contribution in [0.25, 0.3) is 0 Å².